The zero-order valence-electron chi connectivity index (χ0n) is 9.48. The van der Waals surface area contributed by atoms with Crippen LogP contribution in [-0.2, 0) is 11.3 Å². The summed E-state index contributed by atoms with van der Waals surface area (Å²) in [6.45, 7) is 2.68. The second-order valence-corrected chi connectivity index (χ2v) is 3.55. The van der Waals surface area contributed by atoms with Crippen LogP contribution in [0.1, 0.15) is 18.9 Å². The van der Waals surface area contributed by atoms with Crippen LogP contribution in [0.3, 0.4) is 0 Å². The highest BCUT2D eigenvalue weighted by molar-refractivity contribution is 5.67. The number of benzene rings is 1. The molecule has 1 atom stereocenters. The molecule has 0 saturated carbocycles. The van der Waals surface area contributed by atoms with Gasteiger partial charge in [-0.15, -0.1) is 0 Å². The first-order valence-corrected chi connectivity index (χ1v) is 5.43. The Morgan fingerprint density at radius 1 is 1.44 bits per heavy atom. The molecular weight excluding hydrogens is 204 g/mol. The average Bonchev–Trinajstić information content (AvgIpc) is 2.34. The first-order valence-electron chi connectivity index (χ1n) is 5.43. The quantitative estimate of drug-likeness (QED) is 0.796. The van der Waals surface area contributed by atoms with Crippen molar-refractivity contribution < 1.29 is 9.53 Å². The standard InChI is InChI=1S/C12H18N2O2/c1-2-11(8-13)14-12(15)16-9-10-6-4-3-5-7-10/h3-7,11H,2,8-9,13H2,1H3,(H,14,15). The summed E-state index contributed by atoms with van der Waals surface area (Å²) in [6, 6.07) is 9.55. The van der Waals surface area contributed by atoms with Crippen LogP contribution >= 0.6 is 0 Å². The first-order chi connectivity index (χ1) is 7.76. The Hall–Kier alpha value is -1.55. The smallest absolute Gasteiger partial charge is 0.407 e. The van der Waals surface area contributed by atoms with Gasteiger partial charge in [0.2, 0.25) is 0 Å². The van der Waals surface area contributed by atoms with Gasteiger partial charge in [-0.3, -0.25) is 0 Å². The molecule has 1 aromatic carbocycles. The molecule has 0 bridgehead atoms. The zero-order valence-corrected chi connectivity index (χ0v) is 9.48. The molecule has 4 heteroatoms. The van der Waals surface area contributed by atoms with E-state index in [9.17, 15) is 4.79 Å². The summed E-state index contributed by atoms with van der Waals surface area (Å²) in [5.41, 5.74) is 6.44. The summed E-state index contributed by atoms with van der Waals surface area (Å²) >= 11 is 0. The van der Waals surface area contributed by atoms with E-state index in [1.54, 1.807) is 0 Å². The Balaban J connectivity index is 2.30. The third kappa shape index (κ3) is 4.31. The van der Waals surface area contributed by atoms with Crippen LogP contribution in [0.15, 0.2) is 30.3 Å². The normalized spacial score (nSPS) is 11.9. The Morgan fingerprint density at radius 3 is 2.69 bits per heavy atom. The van der Waals surface area contributed by atoms with E-state index in [4.69, 9.17) is 10.5 Å². The van der Waals surface area contributed by atoms with E-state index in [-0.39, 0.29) is 12.6 Å². The van der Waals surface area contributed by atoms with E-state index < -0.39 is 6.09 Å². The highest BCUT2D eigenvalue weighted by Crippen LogP contribution is 2.00. The van der Waals surface area contributed by atoms with Crippen molar-refractivity contribution in [2.45, 2.75) is 26.0 Å². The fraction of sp³-hybridized carbons (Fsp3) is 0.417. The Bertz CT molecular complexity index is 310. The molecule has 0 fully saturated rings. The number of alkyl carbamates (subject to hydrolysis) is 1. The highest BCUT2D eigenvalue weighted by atomic mass is 16.5. The number of rotatable bonds is 5. The summed E-state index contributed by atoms with van der Waals surface area (Å²) in [7, 11) is 0. The maximum absolute atomic E-state index is 11.4. The number of carbonyl (C=O) groups is 1. The van der Waals surface area contributed by atoms with Crippen LogP contribution in [0.25, 0.3) is 0 Å². The molecule has 16 heavy (non-hydrogen) atoms. The summed E-state index contributed by atoms with van der Waals surface area (Å²) in [4.78, 5) is 11.4. The van der Waals surface area contributed by atoms with Gasteiger partial charge >= 0.3 is 6.09 Å². The largest absolute Gasteiger partial charge is 0.445 e. The molecule has 3 N–H and O–H groups in total. The van der Waals surface area contributed by atoms with Crippen molar-refractivity contribution in [3.8, 4) is 0 Å². The molecule has 1 amide bonds. The third-order valence-corrected chi connectivity index (χ3v) is 2.31. The number of amides is 1. The SMILES string of the molecule is CCC(CN)NC(=O)OCc1ccccc1. The maximum atomic E-state index is 11.4. The molecule has 0 aliphatic carbocycles. The molecule has 0 heterocycles. The number of carbonyl (C=O) groups excluding carboxylic acids is 1. The van der Waals surface area contributed by atoms with Crippen LogP contribution in [-0.4, -0.2) is 18.7 Å². The fourth-order valence-electron chi connectivity index (χ4n) is 1.26. The minimum Gasteiger partial charge on any atom is -0.445 e. The predicted octanol–water partition coefficient (Wildman–Crippen LogP) is 1.65. The van der Waals surface area contributed by atoms with Crippen molar-refractivity contribution in [2.24, 2.45) is 5.73 Å². The van der Waals surface area contributed by atoms with Crippen molar-refractivity contribution in [1.29, 1.82) is 0 Å². The van der Waals surface area contributed by atoms with Crippen LogP contribution in [0.2, 0.25) is 0 Å². The molecule has 0 aromatic heterocycles. The molecule has 4 nitrogen and oxygen atoms in total. The molecule has 1 unspecified atom stereocenters. The van der Waals surface area contributed by atoms with Gasteiger partial charge < -0.3 is 15.8 Å². The lowest BCUT2D eigenvalue weighted by Crippen LogP contribution is -2.39. The van der Waals surface area contributed by atoms with Crippen molar-refractivity contribution in [1.82, 2.24) is 5.32 Å². The number of nitrogens with two attached hydrogens (primary N) is 1. The van der Waals surface area contributed by atoms with Crippen LogP contribution in [0.4, 0.5) is 4.79 Å². The number of nitrogens with one attached hydrogen (secondary N) is 1. The molecule has 1 aromatic rings. The van der Waals surface area contributed by atoms with E-state index in [0.29, 0.717) is 6.54 Å². The van der Waals surface area contributed by atoms with Gasteiger partial charge in [0.05, 0.1) is 0 Å². The van der Waals surface area contributed by atoms with Crippen molar-refractivity contribution in [3.63, 3.8) is 0 Å². The van der Waals surface area contributed by atoms with Gasteiger partial charge in [-0.25, -0.2) is 4.79 Å². The second-order valence-electron chi connectivity index (χ2n) is 3.55. The van der Waals surface area contributed by atoms with E-state index in [2.05, 4.69) is 5.32 Å². The van der Waals surface area contributed by atoms with E-state index in [1.165, 1.54) is 0 Å². The Morgan fingerprint density at radius 2 is 2.12 bits per heavy atom. The number of hydrogen-bond acceptors (Lipinski definition) is 3. The van der Waals surface area contributed by atoms with E-state index in [0.717, 1.165) is 12.0 Å². The molecule has 1 rings (SSSR count). The maximum Gasteiger partial charge on any atom is 0.407 e. The molecule has 0 saturated heterocycles. The molecule has 88 valence electrons. The van der Waals surface area contributed by atoms with Gasteiger partial charge in [-0.05, 0) is 12.0 Å². The van der Waals surface area contributed by atoms with Crippen molar-refractivity contribution in [3.05, 3.63) is 35.9 Å². The fourth-order valence-corrected chi connectivity index (χ4v) is 1.26. The van der Waals surface area contributed by atoms with Gasteiger partial charge in [-0.2, -0.15) is 0 Å². The molecule has 0 aliphatic rings. The topological polar surface area (TPSA) is 64.3 Å². The minimum atomic E-state index is -0.416. The monoisotopic (exact) mass is 222 g/mol. The van der Waals surface area contributed by atoms with Gasteiger partial charge in [0.1, 0.15) is 6.61 Å². The van der Waals surface area contributed by atoms with Gasteiger partial charge in [-0.1, -0.05) is 37.3 Å². The lowest BCUT2D eigenvalue weighted by molar-refractivity contribution is 0.135. The predicted molar refractivity (Wildman–Crippen MR) is 62.9 cm³/mol. The third-order valence-electron chi connectivity index (χ3n) is 2.31. The van der Waals surface area contributed by atoms with E-state index in [1.807, 2.05) is 37.3 Å². The number of ether oxygens (including phenoxy) is 1. The van der Waals surface area contributed by atoms with Crippen LogP contribution in [0, 0.1) is 0 Å². The number of hydrogen-bond donors (Lipinski definition) is 2. The van der Waals surface area contributed by atoms with E-state index >= 15 is 0 Å². The second kappa shape index (κ2) is 6.85. The Kier molecular flexibility index (Phi) is 5.36. The Labute approximate surface area is 95.8 Å². The van der Waals surface area contributed by atoms with Gasteiger partial charge in [0.25, 0.3) is 0 Å². The summed E-state index contributed by atoms with van der Waals surface area (Å²) in [6.07, 6.45) is 0.387. The summed E-state index contributed by atoms with van der Waals surface area (Å²) in [5.74, 6) is 0. The van der Waals surface area contributed by atoms with Gasteiger partial charge in [0, 0.05) is 12.6 Å². The zero-order chi connectivity index (χ0) is 11.8. The van der Waals surface area contributed by atoms with Crippen LogP contribution < -0.4 is 11.1 Å². The first kappa shape index (κ1) is 12.5. The lowest BCUT2D eigenvalue weighted by atomic mass is 10.2. The molecule has 0 radical (unpaired) electrons. The van der Waals surface area contributed by atoms with Crippen LogP contribution in [0.5, 0.6) is 0 Å². The molecule has 0 aliphatic heterocycles. The molecular formula is C12H18N2O2. The summed E-state index contributed by atoms with van der Waals surface area (Å²) < 4.78 is 5.06. The molecule has 0 spiro atoms. The summed E-state index contributed by atoms with van der Waals surface area (Å²) in [5, 5.41) is 2.70. The highest BCUT2D eigenvalue weighted by Gasteiger charge is 2.08. The van der Waals surface area contributed by atoms with Crippen molar-refractivity contribution >= 4 is 6.09 Å². The lowest BCUT2D eigenvalue weighted by Gasteiger charge is -2.14. The average molecular weight is 222 g/mol. The minimum absolute atomic E-state index is 0.0109. The van der Waals surface area contributed by atoms with Gasteiger partial charge in [0.15, 0.2) is 0 Å². The van der Waals surface area contributed by atoms with Crippen molar-refractivity contribution in [2.75, 3.05) is 6.54 Å².